The second-order valence-electron chi connectivity index (χ2n) is 4.69. The number of nitrogens with two attached hydrogens (primary N) is 1. The molecule has 1 aromatic carbocycles. The molecule has 0 aliphatic rings. The standard InChI is InChI=1S/C14H22N2O3/c1-4-19-13-6-5-10(7-11(13)15)14(18)16-12(8-17)9(2)3/h5-7,9,12,17H,4,8,15H2,1-3H3,(H,16,18)/t12-/m1/s1. The third-order valence-electron chi connectivity index (χ3n) is 2.89. The van der Waals surface area contributed by atoms with Crippen LogP contribution in [0.15, 0.2) is 18.2 Å². The van der Waals surface area contributed by atoms with E-state index in [9.17, 15) is 9.90 Å². The Morgan fingerprint density at radius 1 is 1.47 bits per heavy atom. The lowest BCUT2D eigenvalue weighted by atomic mass is 10.0. The third kappa shape index (κ3) is 4.13. The normalized spacial score (nSPS) is 12.3. The Hall–Kier alpha value is -1.75. The van der Waals surface area contributed by atoms with Gasteiger partial charge in [0.2, 0.25) is 0 Å². The number of aliphatic hydroxyl groups is 1. The van der Waals surface area contributed by atoms with Crippen molar-refractivity contribution in [2.75, 3.05) is 18.9 Å². The molecule has 0 aliphatic heterocycles. The van der Waals surface area contributed by atoms with Crippen molar-refractivity contribution in [1.82, 2.24) is 5.32 Å². The number of amides is 1. The molecule has 4 N–H and O–H groups in total. The number of benzene rings is 1. The number of hydrogen-bond acceptors (Lipinski definition) is 4. The van der Waals surface area contributed by atoms with Crippen molar-refractivity contribution in [3.05, 3.63) is 23.8 Å². The zero-order valence-electron chi connectivity index (χ0n) is 11.6. The highest BCUT2D eigenvalue weighted by Gasteiger charge is 2.16. The minimum Gasteiger partial charge on any atom is -0.492 e. The molecule has 0 saturated carbocycles. The average molecular weight is 266 g/mol. The summed E-state index contributed by atoms with van der Waals surface area (Å²) in [6, 6.07) is 4.65. The lowest BCUT2D eigenvalue weighted by molar-refractivity contribution is 0.0897. The molecular formula is C14H22N2O3. The maximum Gasteiger partial charge on any atom is 0.251 e. The van der Waals surface area contributed by atoms with E-state index in [-0.39, 0.29) is 24.5 Å². The molecule has 0 bridgehead atoms. The summed E-state index contributed by atoms with van der Waals surface area (Å²) < 4.78 is 5.32. The van der Waals surface area contributed by atoms with Gasteiger partial charge in [-0.05, 0) is 31.0 Å². The van der Waals surface area contributed by atoms with Crippen molar-refractivity contribution in [2.24, 2.45) is 5.92 Å². The first-order valence-electron chi connectivity index (χ1n) is 6.43. The number of aliphatic hydroxyl groups excluding tert-OH is 1. The predicted molar refractivity (Wildman–Crippen MR) is 75.2 cm³/mol. The molecule has 5 nitrogen and oxygen atoms in total. The highest BCUT2D eigenvalue weighted by Crippen LogP contribution is 2.22. The van der Waals surface area contributed by atoms with Crippen LogP contribution in [0.1, 0.15) is 31.1 Å². The molecule has 0 aromatic heterocycles. The van der Waals surface area contributed by atoms with Gasteiger partial charge >= 0.3 is 0 Å². The Labute approximate surface area is 113 Å². The van der Waals surface area contributed by atoms with E-state index in [0.29, 0.717) is 23.6 Å². The molecule has 0 fully saturated rings. The third-order valence-corrected chi connectivity index (χ3v) is 2.89. The van der Waals surface area contributed by atoms with E-state index in [0.717, 1.165) is 0 Å². The van der Waals surface area contributed by atoms with Crippen LogP contribution in [0.4, 0.5) is 5.69 Å². The molecule has 0 saturated heterocycles. The molecule has 1 amide bonds. The van der Waals surface area contributed by atoms with E-state index < -0.39 is 0 Å². The van der Waals surface area contributed by atoms with Crippen molar-refractivity contribution >= 4 is 11.6 Å². The van der Waals surface area contributed by atoms with Gasteiger partial charge in [0.1, 0.15) is 5.75 Å². The maximum absolute atomic E-state index is 12.0. The first kappa shape index (κ1) is 15.3. The zero-order valence-corrected chi connectivity index (χ0v) is 11.6. The quantitative estimate of drug-likeness (QED) is 0.680. The van der Waals surface area contributed by atoms with Gasteiger partial charge in [-0.2, -0.15) is 0 Å². The summed E-state index contributed by atoms with van der Waals surface area (Å²) in [7, 11) is 0. The van der Waals surface area contributed by atoms with E-state index in [1.807, 2.05) is 20.8 Å². The summed E-state index contributed by atoms with van der Waals surface area (Å²) in [5.74, 6) is 0.484. The predicted octanol–water partition coefficient (Wildman–Crippen LogP) is 1.41. The number of nitrogen functional groups attached to an aromatic ring is 1. The Morgan fingerprint density at radius 3 is 2.63 bits per heavy atom. The Balaban J connectivity index is 2.80. The Kier molecular flexibility index (Phi) is 5.63. The van der Waals surface area contributed by atoms with Crippen LogP contribution in [-0.2, 0) is 0 Å². The number of carbonyl (C=O) groups is 1. The van der Waals surface area contributed by atoms with Crippen molar-refractivity contribution in [3.8, 4) is 5.75 Å². The molecule has 1 rings (SSSR count). The molecule has 0 heterocycles. The number of hydrogen-bond donors (Lipinski definition) is 3. The van der Waals surface area contributed by atoms with Gasteiger partial charge in [-0.25, -0.2) is 0 Å². The van der Waals surface area contributed by atoms with Crippen molar-refractivity contribution in [1.29, 1.82) is 0 Å². The van der Waals surface area contributed by atoms with Gasteiger partial charge in [0.05, 0.1) is 24.9 Å². The lowest BCUT2D eigenvalue weighted by Crippen LogP contribution is -2.41. The Morgan fingerprint density at radius 2 is 2.16 bits per heavy atom. The van der Waals surface area contributed by atoms with Crippen LogP contribution in [-0.4, -0.2) is 30.3 Å². The fraction of sp³-hybridized carbons (Fsp3) is 0.500. The van der Waals surface area contributed by atoms with Gasteiger partial charge < -0.3 is 20.9 Å². The molecule has 0 spiro atoms. The summed E-state index contributed by atoms with van der Waals surface area (Å²) in [5, 5.41) is 12.0. The van der Waals surface area contributed by atoms with Gasteiger partial charge in [-0.1, -0.05) is 13.8 Å². The molecular weight excluding hydrogens is 244 g/mol. The van der Waals surface area contributed by atoms with Crippen LogP contribution in [0.25, 0.3) is 0 Å². The summed E-state index contributed by atoms with van der Waals surface area (Å²) in [5.41, 5.74) is 6.70. The number of carbonyl (C=O) groups excluding carboxylic acids is 1. The molecule has 5 heteroatoms. The summed E-state index contributed by atoms with van der Waals surface area (Å²) in [4.78, 5) is 12.0. The monoisotopic (exact) mass is 266 g/mol. The number of rotatable bonds is 6. The molecule has 0 radical (unpaired) electrons. The Bertz CT molecular complexity index is 433. The molecule has 1 aromatic rings. The van der Waals surface area contributed by atoms with Crippen molar-refractivity contribution in [2.45, 2.75) is 26.8 Å². The first-order valence-corrected chi connectivity index (χ1v) is 6.43. The fourth-order valence-corrected chi connectivity index (χ4v) is 1.65. The van der Waals surface area contributed by atoms with Crippen LogP contribution in [0.2, 0.25) is 0 Å². The van der Waals surface area contributed by atoms with E-state index in [2.05, 4.69) is 5.32 Å². The second kappa shape index (κ2) is 6.99. The van der Waals surface area contributed by atoms with Gasteiger partial charge in [0, 0.05) is 5.56 Å². The topological polar surface area (TPSA) is 84.6 Å². The average Bonchev–Trinajstić information content (AvgIpc) is 2.37. The second-order valence-corrected chi connectivity index (χ2v) is 4.69. The van der Waals surface area contributed by atoms with Crippen LogP contribution < -0.4 is 15.8 Å². The van der Waals surface area contributed by atoms with Gasteiger partial charge in [0.15, 0.2) is 0 Å². The molecule has 0 unspecified atom stereocenters. The van der Waals surface area contributed by atoms with Gasteiger partial charge in [0.25, 0.3) is 5.91 Å². The van der Waals surface area contributed by atoms with Crippen LogP contribution in [0, 0.1) is 5.92 Å². The van der Waals surface area contributed by atoms with E-state index in [1.54, 1.807) is 18.2 Å². The van der Waals surface area contributed by atoms with Crippen LogP contribution in [0.5, 0.6) is 5.75 Å². The number of ether oxygens (including phenoxy) is 1. The number of anilines is 1. The van der Waals surface area contributed by atoms with Gasteiger partial charge in [-0.3, -0.25) is 4.79 Å². The molecule has 0 aliphatic carbocycles. The molecule has 19 heavy (non-hydrogen) atoms. The smallest absolute Gasteiger partial charge is 0.251 e. The van der Waals surface area contributed by atoms with Gasteiger partial charge in [-0.15, -0.1) is 0 Å². The van der Waals surface area contributed by atoms with E-state index in [4.69, 9.17) is 10.5 Å². The summed E-state index contributed by atoms with van der Waals surface area (Å²) >= 11 is 0. The van der Waals surface area contributed by atoms with Crippen molar-refractivity contribution < 1.29 is 14.6 Å². The van der Waals surface area contributed by atoms with E-state index >= 15 is 0 Å². The van der Waals surface area contributed by atoms with Crippen LogP contribution >= 0.6 is 0 Å². The minimum absolute atomic E-state index is 0.0874. The fourth-order valence-electron chi connectivity index (χ4n) is 1.65. The SMILES string of the molecule is CCOc1ccc(C(=O)N[C@H](CO)C(C)C)cc1N. The molecule has 1 atom stereocenters. The highest BCUT2D eigenvalue weighted by molar-refractivity contribution is 5.95. The van der Waals surface area contributed by atoms with Crippen molar-refractivity contribution in [3.63, 3.8) is 0 Å². The van der Waals surface area contributed by atoms with Crippen LogP contribution in [0.3, 0.4) is 0 Å². The summed E-state index contributed by atoms with van der Waals surface area (Å²) in [6.45, 7) is 6.18. The van der Waals surface area contributed by atoms with E-state index in [1.165, 1.54) is 0 Å². The zero-order chi connectivity index (χ0) is 14.4. The largest absolute Gasteiger partial charge is 0.492 e. The maximum atomic E-state index is 12.0. The first-order chi connectivity index (χ1) is 8.99. The number of nitrogens with one attached hydrogen (secondary N) is 1. The minimum atomic E-state index is -0.264. The summed E-state index contributed by atoms with van der Waals surface area (Å²) in [6.07, 6.45) is 0. The highest BCUT2D eigenvalue weighted by atomic mass is 16.5. The molecule has 106 valence electrons. The lowest BCUT2D eigenvalue weighted by Gasteiger charge is -2.20.